The van der Waals surface area contributed by atoms with Gasteiger partial charge >= 0.3 is 0 Å². The SMILES string of the molecule is CC(CCCO)Cn1cnc2c(Cl)ncnc21. The van der Waals surface area contributed by atoms with Gasteiger partial charge in [0.25, 0.3) is 0 Å². The molecule has 0 saturated carbocycles. The zero-order valence-electron chi connectivity index (χ0n) is 9.67. The van der Waals surface area contributed by atoms with Gasteiger partial charge in [0.2, 0.25) is 0 Å². The Bertz CT molecular complexity index is 499. The van der Waals surface area contributed by atoms with Crippen molar-refractivity contribution in [1.29, 1.82) is 0 Å². The molecule has 0 fully saturated rings. The summed E-state index contributed by atoms with van der Waals surface area (Å²) in [5.74, 6) is 0.466. The number of hydrogen-bond donors (Lipinski definition) is 1. The topological polar surface area (TPSA) is 63.8 Å². The summed E-state index contributed by atoms with van der Waals surface area (Å²) >= 11 is 5.93. The average molecular weight is 255 g/mol. The van der Waals surface area contributed by atoms with Gasteiger partial charge in [-0.2, -0.15) is 0 Å². The van der Waals surface area contributed by atoms with Crippen LogP contribution in [0.1, 0.15) is 19.8 Å². The number of aromatic nitrogens is 4. The van der Waals surface area contributed by atoms with Crippen LogP contribution in [-0.4, -0.2) is 31.2 Å². The van der Waals surface area contributed by atoms with Crippen molar-refractivity contribution in [3.05, 3.63) is 17.8 Å². The largest absolute Gasteiger partial charge is 0.396 e. The highest BCUT2D eigenvalue weighted by molar-refractivity contribution is 6.33. The second-order valence-electron chi connectivity index (χ2n) is 4.20. The van der Waals surface area contributed by atoms with Gasteiger partial charge < -0.3 is 9.67 Å². The Morgan fingerprint density at radius 2 is 2.24 bits per heavy atom. The Morgan fingerprint density at radius 3 is 3.00 bits per heavy atom. The molecule has 5 nitrogen and oxygen atoms in total. The summed E-state index contributed by atoms with van der Waals surface area (Å²) in [5.41, 5.74) is 1.41. The van der Waals surface area contributed by atoms with Crippen molar-refractivity contribution in [3.63, 3.8) is 0 Å². The molecule has 0 aromatic carbocycles. The Balaban J connectivity index is 2.16. The summed E-state index contributed by atoms with van der Waals surface area (Å²) in [6.45, 7) is 3.21. The van der Waals surface area contributed by atoms with E-state index in [-0.39, 0.29) is 6.61 Å². The lowest BCUT2D eigenvalue weighted by atomic mass is 10.1. The normalized spacial score (nSPS) is 13.1. The summed E-state index contributed by atoms with van der Waals surface area (Å²) in [4.78, 5) is 12.3. The molecule has 2 aromatic heterocycles. The first-order valence-electron chi connectivity index (χ1n) is 5.64. The van der Waals surface area contributed by atoms with E-state index >= 15 is 0 Å². The molecule has 1 unspecified atom stereocenters. The number of hydrogen-bond acceptors (Lipinski definition) is 4. The molecule has 2 rings (SSSR count). The summed E-state index contributed by atoms with van der Waals surface area (Å²) in [6, 6.07) is 0. The maximum Gasteiger partial charge on any atom is 0.164 e. The lowest BCUT2D eigenvalue weighted by Crippen LogP contribution is -2.08. The van der Waals surface area contributed by atoms with Crippen LogP contribution in [0.2, 0.25) is 5.15 Å². The number of imidazole rings is 1. The smallest absolute Gasteiger partial charge is 0.164 e. The quantitative estimate of drug-likeness (QED) is 0.828. The van der Waals surface area contributed by atoms with Gasteiger partial charge in [0.15, 0.2) is 10.8 Å². The first-order chi connectivity index (χ1) is 8.22. The minimum Gasteiger partial charge on any atom is -0.396 e. The zero-order valence-corrected chi connectivity index (χ0v) is 10.4. The van der Waals surface area contributed by atoms with E-state index in [4.69, 9.17) is 16.7 Å². The Labute approximate surface area is 104 Å². The predicted molar refractivity (Wildman–Crippen MR) is 65.8 cm³/mol. The fourth-order valence-corrected chi connectivity index (χ4v) is 2.03. The molecule has 0 aliphatic carbocycles. The van der Waals surface area contributed by atoms with Crippen LogP contribution in [0.5, 0.6) is 0 Å². The Hall–Kier alpha value is -1.20. The van der Waals surface area contributed by atoms with Crippen LogP contribution in [0.15, 0.2) is 12.7 Å². The van der Waals surface area contributed by atoms with Gasteiger partial charge in [-0.3, -0.25) is 0 Å². The fraction of sp³-hybridized carbons (Fsp3) is 0.545. The number of fused-ring (bicyclic) bond motifs is 1. The Morgan fingerprint density at radius 1 is 1.41 bits per heavy atom. The van der Waals surface area contributed by atoms with Crippen molar-refractivity contribution in [2.24, 2.45) is 5.92 Å². The minimum atomic E-state index is 0.239. The molecule has 0 amide bonds. The van der Waals surface area contributed by atoms with E-state index in [1.165, 1.54) is 6.33 Å². The first kappa shape index (κ1) is 12.3. The Kier molecular flexibility index (Phi) is 3.91. The number of nitrogens with zero attached hydrogens (tertiary/aromatic N) is 4. The van der Waals surface area contributed by atoms with E-state index in [1.807, 2.05) is 4.57 Å². The second-order valence-corrected chi connectivity index (χ2v) is 4.56. The van der Waals surface area contributed by atoms with Crippen molar-refractivity contribution in [2.75, 3.05) is 6.61 Å². The third kappa shape index (κ3) is 2.73. The molecule has 92 valence electrons. The van der Waals surface area contributed by atoms with Crippen molar-refractivity contribution in [1.82, 2.24) is 19.5 Å². The third-order valence-corrected chi connectivity index (χ3v) is 3.00. The molecular formula is C11H15ClN4O. The predicted octanol–water partition coefficient (Wildman–Crippen LogP) is 1.89. The first-order valence-corrected chi connectivity index (χ1v) is 6.02. The van der Waals surface area contributed by atoms with Crippen LogP contribution in [0.4, 0.5) is 0 Å². The molecule has 0 aliphatic rings. The van der Waals surface area contributed by atoms with Crippen LogP contribution in [0.25, 0.3) is 11.2 Å². The standard InChI is InChI=1S/C11H15ClN4O/c1-8(3-2-4-17)5-16-7-15-9-10(12)13-6-14-11(9)16/h6-8,17H,2-5H2,1H3. The maximum absolute atomic E-state index is 8.79. The van der Waals surface area contributed by atoms with Crippen LogP contribution < -0.4 is 0 Å². The number of aliphatic hydroxyl groups is 1. The van der Waals surface area contributed by atoms with E-state index < -0.39 is 0 Å². The van der Waals surface area contributed by atoms with Gasteiger partial charge in [0.1, 0.15) is 11.8 Å². The lowest BCUT2D eigenvalue weighted by molar-refractivity contribution is 0.269. The molecule has 0 bridgehead atoms. The van der Waals surface area contributed by atoms with Crippen LogP contribution in [0.3, 0.4) is 0 Å². The summed E-state index contributed by atoms with van der Waals surface area (Å²) < 4.78 is 1.98. The molecule has 1 N–H and O–H groups in total. The fourth-order valence-electron chi connectivity index (χ4n) is 1.85. The summed E-state index contributed by atoms with van der Waals surface area (Å²) in [6.07, 6.45) is 4.99. The number of rotatable bonds is 5. The van der Waals surface area contributed by atoms with E-state index in [1.54, 1.807) is 6.33 Å². The summed E-state index contributed by atoms with van der Waals surface area (Å²) in [7, 11) is 0. The molecule has 6 heteroatoms. The third-order valence-electron chi connectivity index (χ3n) is 2.72. The van der Waals surface area contributed by atoms with E-state index in [0.717, 1.165) is 25.0 Å². The number of aliphatic hydroxyl groups excluding tert-OH is 1. The minimum absolute atomic E-state index is 0.239. The number of halogens is 1. The molecule has 1 atom stereocenters. The van der Waals surface area contributed by atoms with Crippen LogP contribution in [0, 0.1) is 5.92 Å². The molecule has 0 spiro atoms. The highest BCUT2D eigenvalue weighted by atomic mass is 35.5. The second kappa shape index (κ2) is 5.42. The molecule has 2 heterocycles. The highest BCUT2D eigenvalue weighted by Crippen LogP contribution is 2.18. The maximum atomic E-state index is 8.79. The van der Waals surface area contributed by atoms with E-state index in [2.05, 4.69) is 21.9 Å². The van der Waals surface area contributed by atoms with Crippen molar-refractivity contribution in [2.45, 2.75) is 26.3 Å². The van der Waals surface area contributed by atoms with Crippen molar-refractivity contribution in [3.8, 4) is 0 Å². The van der Waals surface area contributed by atoms with Gasteiger partial charge in [-0.25, -0.2) is 15.0 Å². The monoisotopic (exact) mass is 254 g/mol. The average Bonchev–Trinajstić information content (AvgIpc) is 2.71. The van der Waals surface area contributed by atoms with Gasteiger partial charge in [0, 0.05) is 13.2 Å². The van der Waals surface area contributed by atoms with Crippen molar-refractivity contribution < 1.29 is 5.11 Å². The van der Waals surface area contributed by atoms with Crippen molar-refractivity contribution >= 4 is 22.8 Å². The molecule has 2 aromatic rings. The molecule has 17 heavy (non-hydrogen) atoms. The van der Waals surface area contributed by atoms with E-state index in [0.29, 0.717) is 16.6 Å². The van der Waals surface area contributed by atoms with Gasteiger partial charge in [-0.05, 0) is 18.8 Å². The molecule has 0 saturated heterocycles. The zero-order chi connectivity index (χ0) is 12.3. The van der Waals surface area contributed by atoms with Crippen LogP contribution in [-0.2, 0) is 6.54 Å². The van der Waals surface area contributed by atoms with E-state index in [9.17, 15) is 0 Å². The molecular weight excluding hydrogens is 240 g/mol. The lowest BCUT2D eigenvalue weighted by Gasteiger charge is -2.11. The van der Waals surface area contributed by atoms with Crippen LogP contribution >= 0.6 is 11.6 Å². The molecule has 0 aliphatic heterocycles. The van der Waals surface area contributed by atoms with Gasteiger partial charge in [-0.15, -0.1) is 0 Å². The highest BCUT2D eigenvalue weighted by Gasteiger charge is 2.10. The van der Waals surface area contributed by atoms with Gasteiger partial charge in [0.05, 0.1) is 6.33 Å². The molecule has 0 radical (unpaired) electrons. The van der Waals surface area contributed by atoms with Gasteiger partial charge in [-0.1, -0.05) is 18.5 Å². The summed E-state index contributed by atoms with van der Waals surface area (Å²) in [5, 5.41) is 9.18.